The van der Waals surface area contributed by atoms with Crippen molar-refractivity contribution in [3.05, 3.63) is 58.5 Å². The molecule has 1 aliphatic rings. The maximum Gasteiger partial charge on any atom is 0.270 e. The number of hydrogen-bond acceptors (Lipinski definition) is 5. The Labute approximate surface area is 156 Å². The highest BCUT2D eigenvalue weighted by molar-refractivity contribution is 8.27. The molecule has 0 radical (unpaired) electrons. The molecule has 0 unspecified atom stereocenters. The minimum absolute atomic E-state index is 0.0753. The van der Waals surface area contributed by atoms with Gasteiger partial charge in [-0.25, -0.2) is 0 Å². The minimum atomic E-state index is -0.147. The summed E-state index contributed by atoms with van der Waals surface area (Å²) < 4.78 is 5.89. The molecule has 2 aromatic rings. The monoisotopic (exact) mass is 371 g/mol. The average Bonchev–Trinajstić information content (AvgIpc) is 2.85. The van der Waals surface area contributed by atoms with Crippen LogP contribution in [0.4, 0.5) is 5.69 Å². The Morgan fingerprint density at radius 3 is 2.80 bits per heavy atom. The molecule has 1 aliphatic heterocycles. The molecule has 3 rings (SSSR count). The van der Waals surface area contributed by atoms with Crippen LogP contribution in [0.3, 0.4) is 0 Å². The topological polar surface area (TPSA) is 49.8 Å². The zero-order valence-electron chi connectivity index (χ0n) is 13.9. The van der Waals surface area contributed by atoms with Gasteiger partial charge in [0.1, 0.15) is 0 Å². The molecule has 1 saturated heterocycles. The van der Waals surface area contributed by atoms with Gasteiger partial charge in [-0.15, -0.1) is 0 Å². The average molecular weight is 371 g/mol. The van der Waals surface area contributed by atoms with Crippen molar-refractivity contribution in [1.29, 1.82) is 0 Å². The summed E-state index contributed by atoms with van der Waals surface area (Å²) in [6.45, 7) is 4.27. The van der Waals surface area contributed by atoms with Crippen molar-refractivity contribution >= 4 is 46.0 Å². The van der Waals surface area contributed by atoms with Gasteiger partial charge in [-0.3, -0.25) is 9.69 Å². The van der Waals surface area contributed by atoms with E-state index in [1.165, 1.54) is 11.8 Å². The molecule has 0 saturated carbocycles. The molecule has 0 aromatic heterocycles. The SMILES string of the molecule is CCOc1cc(/C=C2/SC(=S)N(c3cccc(C)c3)C2=O)ccc1O. The second-order valence-electron chi connectivity index (χ2n) is 5.52. The molecular formula is C19H17NO3S2. The van der Waals surface area contributed by atoms with Crippen molar-refractivity contribution < 1.29 is 14.6 Å². The third-order valence-corrected chi connectivity index (χ3v) is 4.94. The Morgan fingerprint density at radius 1 is 1.28 bits per heavy atom. The molecule has 128 valence electrons. The number of thiocarbonyl (C=S) groups is 1. The number of aryl methyl sites for hydroxylation is 1. The molecule has 6 heteroatoms. The number of hydrogen-bond donors (Lipinski definition) is 1. The van der Waals surface area contributed by atoms with E-state index in [2.05, 4.69) is 0 Å². The van der Waals surface area contributed by atoms with E-state index in [1.807, 2.05) is 38.1 Å². The normalized spacial score (nSPS) is 15.9. The highest BCUT2D eigenvalue weighted by Gasteiger charge is 2.33. The van der Waals surface area contributed by atoms with Crippen LogP contribution in [0.15, 0.2) is 47.4 Å². The second kappa shape index (κ2) is 7.29. The fourth-order valence-electron chi connectivity index (χ4n) is 2.50. The number of carbonyl (C=O) groups is 1. The lowest BCUT2D eigenvalue weighted by atomic mass is 10.1. The maximum absolute atomic E-state index is 12.8. The molecule has 25 heavy (non-hydrogen) atoms. The van der Waals surface area contributed by atoms with Crippen molar-refractivity contribution in [2.45, 2.75) is 13.8 Å². The zero-order chi connectivity index (χ0) is 18.0. The van der Waals surface area contributed by atoms with Crippen LogP contribution in [0.25, 0.3) is 6.08 Å². The Morgan fingerprint density at radius 2 is 2.08 bits per heavy atom. The number of nitrogens with zero attached hydrogens (tertiary/aromatic N) is 1. The highest BCUT2D eigenvalue weighted by Crippen LogP contribution is 2.37. The molecule has 2 aromatic carbocycles. The number of carbonyl (C=O) groups excluding carboxylic acids is 1. The third-order valence-electron chi connectivity index (χ3n) is 3.64. The van der Waals surface area contributed by atoms with E-state index in [4.69, 9.17) is 17.0 Å². The predicted octanol–water partition coefficient (Wildman–Crippen LogP) is 4.51. The van der Waals surface area contributed by atoms with Gasteiger partial charge in [-0.1, -0.05) is 42.2 Å². The van der Waals surface area contributed by atoms with Gasteiger partial charge in [-0.05, 0) is 55.3 Å². The standard InChI is InChI=1S/C19H17NO3S2/c1-3-23-16-10-13(7-8-15(16)21)11-17-18(22)20(19(24)25-17)14-6-4-5-12(2)9-14/h4-11,21H,3H2,1-2H3/b17-11+. The first-order valence-electron chi connectivity index (χ1n) is 7.80. The number of benzene rings is 2. The number of phenols is 1. The summed E-state index contributed by atoms with van der Waals surface area (Å²) in [5.74, 6) is 0.323. The van der Waals surface area contributed by atoms with Gasteiger partial charge in [0.25, 0.3) is 5.91 Å². The summed E-state index contributed by atoms with van der Waals surface area (Å²) in [5.41, 5.74) is 2.60. The van der Waals surface area contributed by atoms with Crippen LogP contribution in [0.2, 0.25) is 0 Å². The van der Waals surface area contributed by atoms with Crippen molar-refractivity contribution in [1.82, 2.24) is 0 Å². The predicted molar refractivity (Wildman–Crippen MR) is 106 cm³/mol. The lowest BCUT2D eigenvalue weighted by molar-refractivity contribution is -0.113. The van der Waals surface area contributed by atoms with E-state index < -0.39 is 0 Å². The van der Waals surface area contributed by atoms with Gasteiger partial charge in [0.15, 0.2) is 15.8 Å². The fraction of sp³-hybridized carbons (Fsp3) is 0.158. The fourth-order valence-corrected chi connectivity index (χ4v) is 3.80. The van der Waals surface area contributed by atoms with Gasteiger partial charge in [-0.2, -0.15) is 0 Å². The smallest absolute Gasteiger partial charge is 0.270 e. The van der Waals surface area contributed by atoms with Crippen molar-refractivity contribution in [2.24, 2.45) is 0 Å². The summed E-state index contributed by atoms with van der Waals surface area (Å²) >= 11 is 6.65. The van der Waals surface area contributed by atoms with Gasteiger partial charge in [0.05, 0.1) is 17.2 Å². The van der Waals surface area contributed by atoms with Gasteiger partial charge >= 0.3 is 0 Å². The van der Waals surface area contributed by atoms with Crippen molar-refractivity contribution in [2.75, 3.05) is 11.5 Å². The van der Waals surface area contributed by atoms with Crippen LogP contribution in [0.1, 0.15) is 18.1 Å². The Balaban J connectivity index is 1.92. The molecule has 4 nitrogen and oxygen atoms in total. The summed E-state index contributed by atoms with van der Waals surface area (Å²) in [6, 6.07) is 12.7. The van der Waals surface area contributed by atoms with Gasteiger partial charge in [0, 0.05) is 0 Å². The first-order chi connectivity index (χ1) is 12.0. The number of amides is 1. The molecule has 1 fully saturated rings. The van der Waals surface area contributed by atoms with Gasteiger partial charge in [0.2, 0.25) is 0 Å². The Bertz CT molecular complexity index is 877. The molecule has 0 spiro atoms. The van der Waals surface area contributed by atoms with Crippen LogP contribution >= 0.6 is 24.0 Å². The van der Waals surface area contributed by atoms with E-state index in [1.54, 1.807) is 29.2 Å². The van der Waals surface area contributed by atoms with Crippen molar-refractivity contribution in [3.63, 3.8) is 0 Å². The highest BCUT2D eigenvalue weighted by atomic mass is 32.2. The van der Waals surface area contributed by atoms with Crippen LogP contribution in [0, 0.1) is 6.92 Å². The summed E-state index contributed by atoms with van der Waals surface area (Å²) in [7, 11) is 0. The van der Waals surface area contributed by atoms with E-state index >= 15 is 0 Å². The number of anilines is 1. The first-order valence-corrected chi connectivity index (χ1v) is 9.02. The Kier molecular flexibility index (Phi) is 5.11. The summed E-state index contributed by atoms with van der Waals surface area (Å²) in [4.78, 5) is 14.9. The van der Waals surface area contributed by atoms with Crippen LogP contribution in [-0.2, 0) is 4.79 Å². The van der Waals surface area contributed by atoms with E-state index in [-0.39, 0.29) is 11.7 Å². The number of aromatic hydroxyl groups is 1. The second-order valence-corrected chi connectivity index (χ2v) is 7.19. The number of ether oxygens (including phenoxy) is 1. The van der Waals surface area contributed by atoms with Crippen LogP contribution in [-0.4, -0.2) is 21.9 Å². The number of rotatable bonds is 4. The minimum Gasteiger partial charge on any atom is -0.504 e. The molecule has 0 aliphatic carbocycles. The lowest BCUT2D eigenvalue weighted by Crippen LogP contribution is -2.27. The van der Waals surface area contributed by atoms with Crippen LogP contribution in [0.5, 0.6) is 11.5 Å². The molecule has 0 atom stereocenters. The van der Waals surface area contributed by atoms with Crippen LogP contribution < -0.4 is 9.64 Å². The third kappa shape index (κ3) is 3.70. The van der Waals surface area contributed by atoms with E-state index in [0.29, 0.717) is 21.6 Å². The van der Waals surface area contributed by atoms with Crippen molar-refractivity contribution in [3.8, 4) is 11.5 Å². The molecule has 0 bridgehead atoms. The zero-order valence-corrected chi connectivity index (χ0v) is 15.5. The quantitative estimate of drug-likeness (QED) is 0.633. The Hall–Kier alpha value is -2.31. The molecule has 1 N–H and O–H groups in total. The lowest BCUT2D eigenvalue weighted by Gasteiger charge is -2.14. The maximum atomic E-state index is 12.8. The van der Waals surface area contributed by atoms with E-state index in [9.17, 15) is 9.90 Å². The van der Waals surface area contributed by atoms with Gasteiger partial charge < -0.3 is 9.84 Å². The first kappa shape index (κ1) is 17.5. The number of thioether (sulfide) groups is 1. The van der Waals surface area contributed by atoms with E-state index in [0.717, 1.165) is 16.8 Å². The summed E-state index contributed by atoms with van der Waals surface area (Å²) in [5, 5.41) is 9.79. The molecular weight excluding hydrogens is 354 g/mol. The summed E-state index contributed by atoms with van der Waals surface area (Å²) in [6.07, 6.45) is 1.76. The largest absolute Gasteiger partial charge is 0.504 e. The molecule has 1 amide bonds. The molecule has 1 heterocycles. The number of phenolic OH excluding ortho intramolecular Hbond substituents is 1.